The highest BCUT2D eigenvalue weighted by Crippen LogP contribution is 2.33. The van der Waals surface area contributed by atoms with Crippen molar-refractivity contribution >= 4 is 11.6 Å². The van der Waals surface area contributed by atoms with Crippen molar-refractivity contribution in [2.45, 2.75) is 12.2 Å². The maximum Gasteiger partial charge on any atom is 0.573 e. The van der Waals surface area contributed by atoms with Crippen LogP contribution < -0.4 is 15.0 Å². The molecule has 0 aliphatic heterocycles. The largest absolute Gasteiger partial charge is 0.573 e. The molecule has 0 fully saturated rings. The average Bonchev–Trinajstić information content (AvgIpc) is 2.18. The molecule has 1 aromatic rings. The lowest BCUT2D eigenvalue weighted by Gasteiger charge is -2.14. The summed E-state index contributed by atoms with van der Waals surface area (Å²) in [5, 5.41) is 0. The zero-order valence-electron chi connectivity index (χ0n) is 8.02. The Kier molecular flexibility index (Phi) is 3.69. The Morgan fingerprint density at radius 1 is 1.50 bits per heavy atom. The molecule has 0 unspecified atom stereocenters. The van der Waals surface area contributed by atoms with Crippen LogP contribution in [-0.2, 0) is 5.88 Å². The molecule has 90 valence electrons. The van der Waals surface area contributed by atoms with E-state index in [1.54, 1.807) is 0 Å². The summed E-state index contributed by atoms with van der Waals surface area (Å²) < 4.78 is 44.5. The molecule has 0 aliphatic rings. The van der Waals surface area contributed by atoms with Crippen molar-refractivity contribution in [2.75, 3.05) is 7.11 Å². The SMILES string of the molecule is COc1[nH]c(=O)cc(CCl)c1OC(F)(F)F. The normalized spacial score (nSPS) is 11.3. The van der Waals surface area contributed by atoms with Crippen LogP contribution in [0.1, 0.15) is 5.56 Å². The third-order valence-corrected chi connectivity index (χ3v) is 1.89. The van der Waals surface area contributed by atoms with Crippen molar-refractivity contribution in [2.24, 2.45) is 0 Å². The Balaban J connectivity index is 3.28. The topological polar surface area (TPSA) is 51.3 Å². The molecule has 4 nitrogen and oxygen atoms in total. The van der Waals surface area contributed by atoms with Crippen LogP contribution in [0.5, 0.6) is 11.6 Å². The Morgan fingerprint density at radius 2 is 2.12 bits per heavy atom. The van der Waals surface area contributed by atoms with E-state index in [0.29, 0.717) is 0 Å². The smallest absolute Gasteiger partial charge is 0.480 e. The molecule has 0 aromatic carbocycles. The maximum atomic E-state index is 12.1. The monoisotopic (exact) mass is 257 g/mol. The van der Waals surface area contributed by atoms with Crippen LogP contribution in [0.2, 0.25) is 0 Å². The molecule has 0 spiro atoms. The van der Waals surface area contributed by atoms with Crippen molar-refractivity contribution in [3.05, 3.63) is 22.0 Å². The number of nitrogens with one attached hydrogen (secondary N) is 1. The van der Waals surface area contributed by atoms with Gasteiger partial charge in [-0.05, 0) is 0 Å². The van der Waals surface area contributed by atoms with Gasteiger partial charge < -0.3 is 9.47 Å². The van der Waals surface area contributed by atoms with E-state index in [-0.39, 0.29) is 11.4 Å². The highest BCUT2D eigenvalue weighted by Gasteiger charge is 2.34. The lowest BCUT2D eigenvalue weighted by atomic mass is 10.2. The third-order valence-electron chi connectivity index (χ3n) is 1.61. The van der Waals surface area contributed by atoms with Gasteiger partial charge in [-0.2, -0.15) is 0 Å². The highest BCUT2D eigenvalue weighted by atomic mass is 35.5. The van der Waals surface area contributed by atoms with E-state index < -0.39 is 23.6 Å². The van der Waals surface area contributed by atoms with Crippen molar-refractivity contribution in [3.8, 4) is 11.6 Å². The number of H-pyrrole nitrogens is 1. The predicted molar refractivity (Wildman–Crippen MR) is 49.9 cm³/mol. The number of aromatic amines is 1. The van der Waals surface area contributed by atoms with Crippen LogP contribution in [0, 0.1) is 0 Å². The molecular weight excluding hydrogens is 251 g/mol. The summed E-state index contributed by atoms with van der Waals surface area (Å²) in [4.78, 5) is 13.1. The average molecular weight is 258 g/mol. The molecule has 0 amide bonds. The highest BCUT2D eigenvalue weighted by molar-refractivity contribution is 6.17. The molecule has 0 radical (unpaired) electrons. The second-order valence-electron chi connectivity index (χ2n) is 2.70. The van der Waals surface area contributed by atoms with Gasteiger partial charge in [-0.3, -0.25) is 9.78 Å². The Hall–Kier alpha value is -1.37. The van der Waals surface area contributed by atoms with E-state index in [9.17, 15) is 18.0 Å². The number of pyridine rings is 1. The van der Waals surface area contributed by atoms with Crippen molar-refractivity contribution < 1.29 is 22.6 Å². The summed E-state index contributed by atoms with van der Waals surface area (Å²) in [7, 11) is 1.10. The number of rotatable bonds is 3. The lowest BCUT2D eigenvalue weighted by molar-refractivity contribution is -0.275. The van der Waals surface area contributed by atoms with Gasteiger partial charge in [-0.25, -0.2) is 0 Å². The first kappa shape index (κ1) is 12.7. The van der Waals surface area contributed by atoms with E-state index in [0.717, 1.165) is 13.2 Å². The Labute approximate surface area is 92.9 Å². The molecule has 0 saturated carbocycles. The van der Waals surface area contributed by atoms with Crippen molar-refractivity contribution in [1.82, 2.24) is 4.98 Å². The number of halogens is 4. The number of hydrogen-bond donors (Lipinski definition) is 1. The lowest BCUT2D eigenvalue weighted by Crippen LogP contribution is -2.20. The summed E-state index contributed by atoms with van der Waals surface area (Å²) in [5.74, 6) is -1.35. The van der Waals surface area contributed by atoms with E-state index in [1.807, 2.05) is 0 Å². The first-order valence-corrected chi connectivity index (χ1v) is 4.52. The molecule has 1 heterocycles. The summed E-state index contributed by atoms with van der Waals surface area (Å²) in [6.45, 7) is 0. The fourth-order valence-electron chi connectivity index (χ4n) is 1.04. The van der Waals surface area contributed by atoms with Gasteiger partial charge in [0.2, 0.25) is 5.88 Å². The molecule has 0 bridgehead atoms. The van der Waals surface area contributed by atoms with E-state index >= 15 is 0 Å². The molecule has 8 heteroatoms. The summed E-state index contributed by atoms with van der Waals surface area (Å²) in [5.41, 5.74) is -0.721. The fourth-order valence-corrected chi connectivity index (χ4v) is 1.24. The zero-order valence-corrected chi connectivity index (χ0v) is 8.78. The van der Waals surface area contributed by atoms with Gasteiger partial charge in [0, 0.05) is 11.6 Å². The Bertz CT molecular complexity index is 401. The molecule has 1 aromatic heterocycles. The van der Waals surface area contributed by atoms with Crippen LogP contribution in [0.3, 0.4) is 0 Å². The van der Waals surface area contributed by atoms with Gasteiger partial charge in [0.1, 0.15) is 0 Å². The minimum atomic E-state index is -4.88. The molecule has 0 aliphatic carbocycles. The minimum absolute atomic E-state index is 0.0976. The summed E-state index contributed by atoms with van der Waals surface area (Å²) in [6.07, 6.45) is -4.88. The molecular formula is C8H7ClF3NO3. The van der Waals surface area contributed by atoms with Crippen LogP contribution >= 0.6 is 11.6 Å². The third kappa shape index (κ3) is 3.06. The quantitative estimate of drug-likeness (QED) is 0.843. The second kappa shape index (κ2) is 4.65. The second-order valence-corrected chi connectivity index (χ2v) is 2.97. The molecule has 1 N–H and O–H groups in total. The van der Waals surface area contributed by atoms with Crippen LogP contribution in [-0.4, -0.2) is 18.5 Å². The van der Waals surface area contributed by atoms with Gasteiger partial charge in [-0.1, -0.05) is 0 Å². The summed E-state index contributed by atoms with van der Waals surface area (Å²) in [6, 6.07) is 0.913. The molecule has 16 heavy (non-hydrogen) atoms. The Morgan fingerprint density at radius 3 is 2.56 bits per heavy atom. The van der Waals surface area contributed by atoms with E-state index in [2.05, 4.69) is 14.5 Å². The number of aromatic nitrogens is 1. The van der Waals surface area contributed by atoms with Gasteiger partial charge in [0.05, 0.1) is 13.0 Å². The van der Waals surface area contributed by atoms with Crippen molar-refractivity contribution in [3.63, 3.8) is 0 Å². The first-order valence-electron chi connectivity index (χ1n) is 3.99. The predicted octanol–water partition coefficient (Wildman–Crippen LogP) is 2.02. The minimum Gasteiger partial charge on any atom is -0.480 e. The van der Waals surface area contributed by atoms with E-state index in [1.165, 1.54) is 0 Å². The fraction of sp³-hybridized carbons (Fsp3) is 0.375. The van der Waals surface area contributed by atoms with Crippen LogP contribution in [0.15, 0.2) is 10.9 Å². The number of hydrogen-bond acceptors (Lipinski definition) is 3. The zero-order chi connectivity index (χ0) is 12.3. The molecule has 0 atom stereocenters. The number of ether oxygens (including phenoxy) is 2. The van der Waals surface area contributed by atoms with Crippen LogP contribution in [0.25, 0.3) is 0 Å². The first-order chi connectivity index (χ1) is 7.37. The van der Waals surface area contributed by atoms with Crippen LogP contribution in [0.4, 0.5) is 13.2 Å². The maximum absolute atomic E-state index is 12.1. The van der Waals surface area contributed by atoms with Gasteiger partial charge in [0.25, 0.3) is 5.56 Å². The molecule has 0 saturated heterocycles. The number of alkyl halides is 4. The van der Waals surface area contributed by atoms with Crippen molar-refractivity contribution in [1.29, 1.82) is 0 Å². The standard InChI is InChI=1S/C8H7ClF3NO3/c1-15-7-6(16-8(10,11)12)4(3-9)2-5(14)13-7/h2H,3H2,1H3,(H,13,14). The van der Waals surface area contributed by atoms with Gasteiger partial charge >= 0.3 is 6.36 Å². The van der Waals surface area contributed by atoms with E-state index in [4.69, 9.17) is 11.6 Å². The van der Waals surface area contributed by atoms with Gasteiger partial charge in [-0.15, -0.1) is 24.8 Å². The number of methoxy groups -OCH3 is 1. The molecule has 1 rings (SSSR count). The van der Waals surface area contributed by atoms with Gasteiger partial charge in [0.15, 0.2) is 5.75 Å². The summed E-state index contributed by atoms with van der Waals surface area (Å²) >= 11 is 5.41.